The SMILES string of the molecule is CCC(C)C(NC(=O)C(CO)NC(=O)C(Cc1ccccc1)NC(=O)C(N)C(C)O)C(=O)O. The zero-order valence-electron chi connectivity index (χ0n) is 19.0. The Labute approximate surface area is 192 Å². The van der Waals surface area contributed by atoms with Crippen LogP contribution in [0.15, 0.2) is 30.3 Å². The van der Waals surface area contributed by atoms with Crippen molar-refractivity contribution >= 4 is 23.7 Å². The number of carbonyl (C=O) groups excluding carboxylic acids is 3. The number of rotatable bonds is 13. The molecular weight excluding hydrogens is 432 g/mol. The summed E-state index contributed by atoms with van der Waals surface area (Å²) in [5, 5.41) is 35.7. The topological polar surface area (TPSA) is 191 Å². The van der Waals surface area contributed by atoms with Crippen molar-refractivity contribution in [1.29, 1.82) is 0 Å². The number of hydrogen-bond donors (Lipinski definition) is 7. The van der Waals surface area contributed by atoms with Gasteiger partial charge in [-0.15, -0.1) is 0 Å². The normalized spacial score (nSPS) is 16.4. The molecule has 0 aliphatic rings. The second-order valence-corrected chi connectivity index (χ2v) is 7.97. The average molecular weight is 467 g/mol. The van der Waals surface area contributed by atoms with E-state index in [1.165, 1.54) is 6.92 Å². The highest BCUT2D eigenvalue weighted by Gasteiger charge is 2.32. The van der Waals surface area contributed by atoms with E-state index in [2.05, 4.69) is 16.0 Å². The summed E-state index contributed by atoms with van der Waals surface area (Å²) < 4.78 is 0. The van der Waals surface area contributed by atoms with Crippen LogP contribution in [0.3, 0.4) is 0 Å². The first kappa shape index (κ1) is 28.0. The zero-order valence-corrected chi connectivity index (χ0v) is 19.0. The molecule has 0 spiro atoms. The van der Waals surface area contributed by atoms with E-state index in [1.54, 1.807) is 44.2 Å². The molecule has 0 heterocycles. The maximum atomic E-state index is 12.9. The summed E-state index contributed by atoms with van der Waals surface area (Å²) in [7, 11) is 0. The van der Waals surface area contributed by atoms with E-state index in [-0.39, 0.29) is 12.3 Å². The first-order chi connectivity index (χ1) is 15.5. The Balaban J connectivity index is 3.00. The van der Waals surface area contributed by atoms with Crippen molar-refractivity contribution in [2.75, 3.05) is 6.61 Å². The number of nitrogens with one attached hydrogen (secondary N) is 3. The average Bonchev–Trinajstić information content (AvgIpc) is 2.79. The van der Waals surface area contributed by atoms with Gasteiger partial charge < -0.3 is 37.0 Å². The summed E-state index contributed by atoms with van der Waals surface area (Å²) in [6.07, 6.45) is -0.618. The van der Waals surface area contributed by atoms with Gasteiger partial charge in [0.05, 0.1) is 12.7 Å². The molecule has 6 unspecified atom stereocenters. The number of carboxylic acid groups (broad SMARTS) is 1. The van der Waals surface area contributed by atoms with Crippen molar-refractivity contribution in [1.82, 2.24) is 16.0 Å². The zero-order chi connectivity index (χ0) is 25.1. The molecule has 0 aromatic heterocycles. The number of amides is 3. The third kappa shape index (κ3) is 8.79. The van der Waals surface area contributed by atoms with Gasteiger partial charge in [-0.2, -0.15) is 0 Å². The molecule has 0 aliphatic carbocycles. The Hall–Kier alpha value is -3.02. The van der Waals surface area contributed by atoms with Gasteiger partial charge in [0.2, 0.25) is 17.7 Å². The first-order valence-electron chi connectivity index (χ1n) is 10.7. The molecule has 0 saturated heterocycles. The minimum atomic E-state index is -1.44. The fraction of sp³-hybridized carbons (Fsp3) is 0.545. The number of aliphatic carboxylic acids is 1. The monoisotopic (exact) mass is 466 g/mol. The summed E-state index contributed by atoms with van der Waals surface area (Å²) in [5.74, 6) is -4.04. The molecule has 0 aliphatic heterocycles. The van der Waals surface area contributed by atoms with Crippen LogP contribution in [0.5, 0.6) is 0 Å². The lowest BCUT2D eigenvalue weighted by molar-refractivity contribution is -0.144. The lowest BCUT2D eigenvalue weighted by Crippen LogP contribution is -2.59. The highest BCUT2D eigenvalue weighted by Crippen LogP contribution is 2.09. The first-order valence-corrected chi connectivity index (χ1v) is 10.7. The molecular formula is C22H34N4O7. The number of carbonyl (C=O) groups is 4. The smallest absolute Gasteiger partial charge is 0.326 e. The van der Waals surface area contributed by atoms with Gasteiger partial charge in [-0.1, -0.05) is 50.6 Å². The minimum absolute atomic E-state index is 0.0509. The Morgan fingerprint density at radius 2 is 1.48 bits per heavy atom. The number of aliphatic hydroxyl groups excluding tert-OH is 2. The highest BCUT2D eigenvalue weighted by atomic mass is 16.4. The van der Waals surface area contributed by atoms with Crippen LogP contribution in [0.4, 0.5) is 0 Å². The van der Waals surface area contributed by atoms with Crippen molar-refractivity contribution in [2.24, 2.45) is 11.7 Å². The molecule has 1 aromatic rings. The van der Waals surface area contributed by atoms with E-state index in [4.69, 9.17) is 5.73 Å². The molecule has 1 aromatic carbocycles. The highest BCUT2D eigenvalue weighted by molar-refractivity contribution is 5.94. The predicted molar refractivity (Wildman–Crippen MR) is 120 cm³/mol. The molecule has 3 amide bonds. The molecule has 8 N–H and O–H groups in total. The number of hydrogen-bond acceptors (Lipinski definition) is 7. The van der Waals surface area contributed by atoms with Crippen LogP contribution in [-0.4, -0.2) is 75.9 Å². The Morgan fingerprint density at radius 1 is 0.939 bits per heavy atom. The third-order valence-corrected chi connectivity index (χ3v) is 5.33. The lowest BCUT2D eigenvalue weighted by atomic mass is 9.99. The molecule has 1 rings (SSSR count). The molecule has 6 atom stereocenters. The van der Waals surface area contributed by atoms with Gasteiger partial charge in [-0.05, 0) is 18.4 Å². The van der Waals surface area contributed by atoms with Crippen LogP contribution in [-0.2, 0) is 25.6 Å². The molecule has 0 bridgehead atoms. The van der Waals surface area contributed by atoms with Gasteiger partial charge in [0.1, 0.15) is 24.2 Å². The second-order valence-electron chi connectivity index (χ2n) is 7.97. The summed E-state index contributed by atoms with van der Waals surface area (Å²) in [4.78, 5) is 49.3. The number of carboxylic acids is 1. The summed E-state index contributed by atoms with van der Waals surface area (Å²) in [5.41, 5.74) is 6.35. The minimum Gasteiger partial charge on any atom is -0.480 e. The van der Waals surface area contributed by atoms with Crippen LogP contribution in [0.25, 0.3) is 0 Å². The molecule has 0 radical (unpaired) electrons. The van der Waals surface area contributed by atoms with Gasteiger partial charge in [-0.3, -0.25) is 14.4 Å². The maximum Gasteiger partial charge on any atom is 0.326 e. The standard InChI is InChI=1S/C22H34N4O7/c1-4-12(2)18(22(32)33)26-20(30)16(11-27)25-19(29)15(10-14-8-6-5-7-9-14)24-21(31)17(23)13(3)28/h5-9,12-13,15-18,27-28H,4,10-11,23H2,1-3H3,(H,24,31)(H,25,29)(H,26,30)(H,32,33). The largest absolute Gasteiger partial charge is 0.480 e. The van der Waals surface area contributed by atoms with Gasteiger partial charge in [0, 0.05) is 6.42 Å². The Morgan fingerprint density at radius 3 is 1.97 bits per heavy atom. The Bertz CT molecular complexity index is 803. The molecule has 11 heteroatoms. The number of benzene rings is 1. The second kappa shape index (κ2) is 13.5. The van der Waals surface area contributed by atoms with Gasteiger partial charge in [0.15, 0.2) is 0 Å². The lowest BCUT2D eigenvalue weighted by Gasteiger charge is -2.26. The van der Waals surface area contributed by atoms with Crippen molar-refractivity contribution in [2.45, 2.75) is 63.9 Å². The van der Waals surface area contributed by atoms with Crippen molar-refractivity contribution < 1.29 is 34.5 Å². The maximum absolute atomic E-state index is 12.9. The van der Waals surface area contributed by atoms with Crippen molar-refractivity contribution in [3.8, 4) is 0 Å². The van der Waals surface area contributed by atoms with Crippen molar-refractivity contribution in [3.05, 3.63) is 35.9 Å². The molecule has 0 saturated carbocycles. The quantitative estimate of drug-likeness (QED) is 0.183. The van der Waals surface area contributed by atoms with Crippen LogP contribution >= 0.6 is 0 Å². The third-order valence-electron chi connectivity index (χ3n) is 5.33. The summed E-state index contributed by atoms with van der Waals surface area (Å²) in [6, 6.07) is 3.67. The van der Waals surface area contributed by atoms with Gasteiger partial charge >= 0.3 is 5.97 Å². The van der Waals surface area contributed by atoms with Crippen LogP contribution in [0.1, 0.15) is 32.8 Å². The van der Waals surface area contributed by atoms with E-state index in [0.717, 1.165) is 0 Å². The van der Waals surface area contributed by atoms with Crippen molar-refractivity contribution in [3.63, 3.8) is 0 Å². The molecule has 0 fully saturated rings. The number of nitrogens with two attached hydrogens (primary N) is 1. The fourth-order valence-corrected chi connectivity index (χ4v) is 2.95. The molecule has 33 heavy (non-hydrogen) atoms. The van der Waals surface area contributed by atoms with E-state index < -0.39 is 60.6 Å². The van der Waals surface area contributed by atoms with Crippen LogP contribution in [0.2, 0.25) is 0 Å². The van der Waals surface area contributed by atoms with E-state index in [0.29, 0.717) is 12.0 Å². The molecule has 11 nitrogen and oxygen atoms in total. The van der Waals surface area contributed by atoms with Crippen LogP contribution in [0, 0.1) is 5.92 Å². The van der Waals surface area contributed by atoms with Crippen LogP contribution < -0.4 is 21.7 Å². The fourth-order valence-electron chi connectivity index (χ4n) is 2.95. The van der Waals surface area contributed by atoms with E-state index >= 15 is 0 Å². The summed E-state index contributed by atoms with van der Waals surface area (Å²) in [6.45, 7) is 3.97. The molecule has 184 valence electrons. The van der Waals surface area contributed by atoms with E-state index in [1.807, 2.05) is 0 Å². The van der Waals surface area contributed by atoms with E-state index in [9.17, 15) is 34.5 Å². The van der Waals surface area contributed by atoms with Gasteiger partial charge in [0.25, 0.3) is 0 Å². The summed E-state index contributed by atoms with van der Waals surface area (Å²) >= 11 is 0. The predicted octanol–water partition coefficient (Wildman–Crippen LogP) is -1.49. The Kier molecular flexibility index (Phi) is 11.5. The number of aliphatic hydroxyl groups is 2. The van der Waals surface area contributed by atoms with Gasteiger partial charge in [-0.25, -0.2) is 4.79 Å².